The van der Waals surface area contributed by atoms with Gasteiger partial charge >= 0.3 is 0 Å². The van der Waals surface area contributed by atoms with Crippen LogP contribution in [0.25, 0.3) is 0 Å². The molecule has 130 valence electrons. The van der Waals surface area contributed by atoms with Gasteiger partial charge in [-0.15, -0.1) is 0 Å². The van der Waals surface area contributed by atoms with Crippen molar-refractivity contribution in [3.05, 3.63) is 47.5 Å². The normalized spacial score (nSPS) is 12.1. The molecule has 6 nitrogen and oxygen atoms in total. The maximum absolute atomic E-state index is 12.5. The van der Waals surface area contributed by atoms with Crippen molar-refractivity contribution in [1.29, 1.82) is 0 Å². The van der Waals surface area contributed by atoms with Crippen molar-refractivity contribution in [3.8, 4) is 5.75 Å². The molecule has 0 amide bonds. The van der Waals surface area contributed by atoms with Gasteiger partial charge in [0.05, 0.1) is 21.2 Å². The number of phenolic OH excluding ortho intramolecular Hbond substituents is 1. The SMILES string of the molecule is CCS(=O)(=O)c1ccc(O)c(NS(=O)(=O)c2ccc(C)cc2C)c1. The van der Waals surface area contributed by atoms with Gasteiger partial charge in [0.25, 0.3) is 10.0 Å². The van der Waals surface area contributed by atoms with Gasteiger partial charge < -0.3 is 5.11 Å². The van der Waals surface area contributed by atoms with Crippen molar-refractivity contribution in [2.24, 2.45) is 0 Å². The molecule has 0 unspecified atom stereocenters. The summed E-state index contributed by atoms with van der Waals surface area (Å²) in [6.45, 7) is 5.00. The molecule has 0 aliphatic heterocycles. The lowest BCUT2D eigenvalue weighted by atomic mass is 10.2. The Labute approximate surface area is 142 Å². The fraction of sp³-hybridized carbons (Fsp3) is 0.250. The maximum atomic E-state index is 12.5. The van der Waals surface area contributed by atoms with Crippen LogP contribution in [-0.2, 0) is 19.9 Å². The van der Waals surface area contributed by atoms with Crippen LogP contribution < -0.4 is 4.72 Å². The van der Waals surface area contributed by atoms with Crippen LogP contribution in [0.15, 0.2) is 46.2 Å². The fourth-order valence-electron chi connectivity index (χ4n) is 2.26. The van der Waals surface area contributed by atoms with Crippen LogP contribution in [0.4, 0.5) is 5.69 Å². The molecule has 0 bridgehead atoms. The van der Waals surface area contributed by atoms with E-state index in [2.05, 4.69) is 4.72 Å². The zero-order chi connectivity index (χ0) is 18.1. The summed E-state index contributed by atoms with van der Waals surface area (Å²) in [6.07, 6.45) is 0. The van der Waals surface area contributed by atoms with Crippen molar-refractivity contribution < 1.29 is 21.9 Å². The summed E-state index contributed by atoms with van der Waals surface area (Å²) in [7, 11) is -7.47. The maximum Gasteiger partial charge on any atom is 0.262 e. The molecule has 8 heteroatoms. The molecule has 0 atom stereocenters. The van der Waals surface area contributed by atoms with Gasteiger partial charge in [0.2, 0.25) is 0 Å². The van der Waals surface area contributed by atoms with E-state index in [1.54, 1.807) is 19.1 Å². The minimum absolute atomic E-state index is 0.0545. The molecule has 0 heterocycles. The van der Waals surface area contributed by atoms with Gasteiger partial charge in [0.1, 0.15) is 5.75 Å². The van der Waals surface area contributed by atoms with Gasteiger partial charge in [-0.25, -0.2) is 16.8 Å². The second-order valence-electron chi connectivity index (χ2n) is 5.46. The predicted molar refractivity (Wildman–Crippen MR) is 92.6 cm³/mol. The number of phenols is 1. The van der Waals surface area contributed by atoms with Crippen molar-refractivity contribution in [2.75, 3.05) is 10.5 Å². The Bertz CT molecular complexity index is 980. The van der Waals surface area contributed by atoms with Crippen molar-refractivity contribution in [1.82, 2.24) is 0 Å². The summed E-state index contributed by atoms with van der Waals surface area (Å²) in [5.41, 5.74) is 1.30. The molecule has 2 aromatic carbocycles. The first-order chi connectivity index (χ1) is 11.1. The Morgan fingerprint density at radius 2 is 1.67 bits per heavy atom. The molecule has 24 heavy (non-hydrogen) atoms. The van der Waals surface area contributed by atoms with Crippen LogP contribution in [0.2, 0.25) is 0 Å². The average Bonchev–Trinajstić information content (AvgIpc) is 2.48. The van der Waals surface area contributed by atoms with E-state index in [0.717, 1.165) is 17.7 Å². The number of sulfone groups is 1. The van der Waals surface area contributed by atoms with E-state index in [1.165, 1.54) is 19.1 Å². The third-order valence-corrected chi connectivity index (χ3v) is 6.83. The average molecular weight is 369 g/mol. The zero-order valence-electron chi connectivity index (χ0n) is 13.6. The van der Waals surface area contributed by atoms with Gasteiger partial charge in [-0.1, -0.05) is 24.6 Å². The summed E-state index contributed by atoms with van der Waals surface area (Å²) in [6, 6.07) is 8.38. The summed E-state index contributed by atoms with van der Waals surface area (Å²) < 4.78 is 51.2. The summed E-state index contributed by atoms with van der Waals surface area (Å²) in [5, 5.41) is 9.88. The van der Waals surface area contributed by atoms with E-state index >= 15 is 0 Å². The highest BCUT2D eigenvalue weighted by Gasteiger charge is 2.20. The Kier molecular flexibility index (Phi) is 4.91. The predicted octanol–water partition coefficient (Wildman–Crippen LogP) is 2.60. The smallest absolute Gasteiger partial charge is 0.262 e. The van der Waals surface area contributed by atoms with Gasteiger partial charge in [-0.05, 0) is 43.7 Å². The Balaban J connectivity index is 2.48. The first-order valence-corrected chi connectivity index (χ1v) is 10.4. The van der Waals surface area contributed by atoms with Gasteiger partial charge in [-0.2, -0.15) is 0 Å². The third kappa shape index (κ3) is 3.70. The highest BCUT2D eigenvalue weighted by Crippen LogP contribution is 2.29. The van der Waals surface area contributed by atoms with Crippen LogP contribution in [0.3, 0.4) is 0 Å². The molecule has 2 aromatic rings. The number of hydrogen-bond donors (Lipinski definition) is 2. The molecular weight excluding hydrogens is 350 g/mol. The van der Waals surface area contributed by atoms with Gasteiger partial charge in [0.15, 0.2) is 9.84 Å². The first-order valence-electron chi connectivity index (χ1n) is 7.22. The Morgan fingerprint density at radius 1 is 1.00 bits per heavy atom. The van der Waals surface area contributed by atoms with E-state index in [9.17, 15) is 21.9 Å². The molecule has 2 N–H and O–H groups in total. The number of aromatic hydroxyl groups is 1. The molecule has 0 saturated heterocycles. The summed E-state index contributed by atoms with van der Waals surface area (Å²) in [4.78, 5) is 0.0115. The van der Waals surface area contributed by atoms with Crippen LogP contribution in [0.5, 0.6) is 5.75 Å². The number of nitrogens with one attached hydrogen (secondary N) is 1. The lowest BCUT2D eigenvalue weighted by molar-refractivity contribution is 0.477. The fourth-order valence-corrected chi connectivity index (χ4v) is 4.46. The van der Waals surface area contributed by atoms with Gasteiger partial charge in [-0.3, -0.25) is 4.72 Å². The Hall–Kier alpha value is -2.06. The summed E-state index contributed by atoms with van der Waals surface area (Å²) >= 11 is 0. The number of aryl methyl sites for hydroxylation is 2. The molecule has 0 radical (unpaired) electrons. The molecule has 2 rings (SSSR count). The highest BCUT2D eigenvalue weighted by molar-refractivity contribution is 7.93. The van der Waals surface area contributed by atoms with E-state index in [4.69, 9.17) is 0 Å². The van der Waals surface area contributed by atoms with Crippen LogP contribution >= 0.6 is 0 Å². The van der Waals surface area contributed by atoms with E-state index in [-0.39, 0.29) is 27.0 Å². The lowest BCUT2D eigenvalue weighted by Crippen LogP contribution is -2.15. The van der Waals surface area contributed by atoms with Crippen LogP contribution in [0.1, 0.15) is 18.1 Å². The van der Waals surface area contributed by atoms with Crippen LogP contribution in [0, 0.1) is 13.8 Å². The molecule has 0 aliphatic rings. The highest BCUT2D eigenvalue weighted by atomic mass is 32.2. The molecule has 0 aromatic heterocycles. The minimum Gasteiger partial charge on any atom is -0.506 e. The monoisotopic (exact) mass is 369 g/mol. The van der Waals surface area contributed by atoms with E-state index in [0.29, 0.717) is 5.56 Å². The number of sulfonamides is 1. The molecule has 0 saturated carbocycles. The number of anilines is 1. The standard InChI is InChI=1S/C16H19NO5S2/c1-4-23(19,20)13-6-7-15(18)14(10-13)17-24(21,22)16-8-5-11(2)9-12(16)3/h5-10,17-18H,4H2,1-3H3. The van der Waals surface area contributed by atoms with E-state index < -0.39 is 19.9 Å². The third-order valence-electron chi connectivity index (χ3n) is 3.57. The molecule has 0 aliphatic carbocycles. The second kappa shape index (κ2) is 6.45. The van der Waals surface area contributed by atoms with Crippen LogP contribution in [-0.4, -0.2) is 27.7 Å². The number of hydrogen-bond acceptors (Lipinski definition) is 5. The van der Waals surface area contributed by atoms with Crippen molar-refractivity contribution >= 4 is 25.5 Å². The first kappa shape index (κ1) is 18.3. The molecule has 0 spiro atoms. The molecular formula is C16H19NO5S2. The quantitative estimate of drug-likeness (QED) is 0.789. The second-order valence-corrected chi connectivity index (χ2v) is 9.39. The van der Waals surface area contributed by atoms with Crippen molar-refractivity contribution in [3.63, 3.8) is 0 Å². The summed E-state index contributed by atoms with van der Waals surface area (Å²) in [5.74, 6) is -0.473. The lowest BCUT2D eigenvalue weighted by Gasteiger charge is -2.13. The van der Waals surface area contributed by atoms with Gasteiger partial charge in [0, 0.05) is 0 Å². The number of benzene rings is 2. The Morgan fingerprint density at radius 3 is 2.25 bits per heavy atom. The zero-order valence-corrected chi connectivity index (χ0v) is 15.2. The minimum atomic E-state index is -3.96. The largest absolute Gasteiger partial charge is 0.506 e. The van der Waals surface area contributed by atoms with Crippen molar-refractivity contribution in [2.45, 2.75) is 30.6 Å². The molecule has 0 fully saturated rings. The van der Waals surface area contributed by atoms with E-state index in [1.807, 2.05) is 6.92 Å². The number of rotatable bonds is 5. The topological polar surface area (TPSA) is 101 Å².